The number of nitrogens with zero attached hydrogens (tertiary/aromatic N) is 1. The fraction of sp³-hybridized carbons (Fsp3) is 0.333. The van der Waals surface area contributed by atoms with E-state index in [-0.39, 0.29) is 55.2 Å². The number of aliphatic hydroxyl groups is 1. The van der Waals surface area contributed by atoms with Crippen LogP contribution in [-0.4, -0.2) is 26.2 Å². The van der Waals surface area contributed by atoms with Crippen molar-refractivity contribution in [2.75, 3.05) is 6.61 Å². The Morgan fingerprint density at radius 3 is 2.21 bits per heavy atom. The molecule has 0 aromatic heterocycles. The van der Waals surface area contributed by atoms with Crippen molar-refractivity contribution < 1.29 is 62.2 Å². The van der Waals surface area contributed by atoms with Crippen LogP contribution in [0.4, 0.5) is 23.2 Å². The number of hydrogen-bond acceptors (Lipinski definition) is 3. The van der Waals surface area contributed by atoms with Crippen molar-refractivity contribution >= 4 is 15.7 Å². The average Bonchev–Trinajstić information content (AvgIpc) is 3.43. The third-order valence-electron chi connectivity index (χ3n) is 6.10. The molecule has 5 nitrogen and oxygen atoms in total. The van der Waals surface area contributed by atoms with E-state index in [1.54, 1.807) is 12.1 Å². The van der Waals surface area contributed by atoms with Crippen molar-refractivity contribution in [3.8, 4) is 11.1 Å². The second-order valence-corrected chi connectivity index (χ2v) is 10.4. The number of nitrogens with two attached hydrogens (primary N) is 1. The van der Waals surface area contributed by atoms with Crippen LogP contribution in [0.15, 0.2) is 47.4 Å². The van der Waals surface area contributed by atoms with Gasteiger partial charge in [0.15, 0.2) is 11.6 Å². The van der Waals surface area contributed by atoms with E-state index in [0.29, 0.717) is 30.2 Å². The maximum Gasteiger partial charge on any atom is 0.240 e. The Balaban J connectivity index is 0.000000253. The Hall–Kier alpha value is -1.90. The van der Waals surface area contributed by atoms with Crippen LogP contribution >= 0.6 is 0 Å². The van der Waals surface area contributed by atoms with Crippen molar-refractivity contribution in [1.82, 2.24) is 0 Å². The third-order valence-corrected chi connectivity index (χ3v) is 7.03. The number of halogens is 4. The smallest absolute Gasteiger partial charge is 0.240 e. The first-order valence-corrected chi connectivity index (χ1v) is 13.4. The van der Waals surface area contributed by atoms with Gasteiger partial charge in [0.1, 0.15) is 16.5 Å². The molecule has 11 heteroatoms. The Kier molecular flexibility index (Phi) is 11.4. The van der Waals surface area contributed by atoms with Gasteiger partial charge in [-0.1, -0.05) is 50.6 Å². The SMILES string of the molecule is CC.CC1Cc2cc(F)c(S(N)(=O)=O)cc2[N-]1.OC[C@@H]1Cc2ccc(-c3cc(F)cc(F)c3F)cc2C1.[U]. The van der Waals surface area contributed by atoms with E-state index >= 15 is 0 Å². The van der Waals surface area contributed by atoms with E-state index in [1.165, 1.54) is 12.1 Å². The van der Waals surface area contributed by atoms with Crippen molar-refractivity contribution in [2.24, 2.45) is 11.1 Å². The number of primary sulfonamides is 1. The molecule has 1 aliphatic heterocycles. The van der Waals surface area contributed by atoms with Gasteiger partial charge < -0.3 is 10.4 Å². The normalized spacial score (nSPS) is 17.1. The molecule has 3 aromatic rings. The second-order valence-electron chi connectivity index (χ2n) is 8.83. The molecule has 1 heterocycles. The topological polar surface area (TPSA) is 94.5 Å². The van der Waals surface area contributed by atoms with Gasteiger partial charge >= 0.3 is 0 Å². The number of benzene rings is 3. The Labute approximate surface area is 244 Å². The van der Waals surface area contributed by atoms with Crippen molar-refractivity contribution in [3.63, 3.8) is 0 Å². The van der Waals surface area contributed by atoms with Gasteiger partial charge in [-0.3, -0.25) is 0 Å². The maximum atomic E-state index is 13.8. The van der Waals surface area contributed by atoms with Crippen molar-refractivity contribution in [1.29, 1.82) is 0 Å². The van der Waals surface area contributed by atoms with E-state index in [0.717, 1.165) is 29.2 Å². The van der Waals surface area contributed by atoms with Crippen molar-refractivity contribution in [3.05, 3.63) is 87.7 Å². The summed E-state index contributed by atoms with van der Waals surface area (Å²) in [6.45, 7) is 5.99. The predicted molar refractivity (Wildman–Crippen MR) is 135 cm³/mol. The number of fused-ring (bicyclic) bond motifs is 2. The Morgan fingerprint density at radius 2 is 1.58 bits per heavy atom. The first-order chi connectivity index (χ1) is 17.5. The summed E-state index contributed by atoms with van der Waals surface area (Å²) in [5, 5.41) is 18.2. The summed E-state index contributed by atoms with van der Waals surface area (Å²) < 4.78 is 75.7. The van der Waals surface area contributed by atoms with E-state index in [2.05, 4.69) is 5.32 Å². The van der Waals surface area contributed by atoms with Crippen LogP contribution in [0, 0.1) is 60.3 Å². The van der Waals surface area contributed by atoms with Crippen molar-refractivity contribution in [2.45, 2.75) is 51.0 Å². The first kappa shape index (κ1) is 32.3. The van der Waals surface area contributed by atoms with E-state index in [9.17, 15) is 31.1 Å². The molecule has 5 rings (SSSR count). The molecule has 0 saturated carbocycles. The average molecular weight is 776 g/mol. The fourth-order valence-corrected chi connectivity index (χ4v) is 5.07. The summed E-state index contributed by atoms with van der Waals surface area (Å²) >= 11 is 0. The Bertz CT molecular complexity index is 1400. The largest absolute Gasteiger partial charge is 0.681 e. The minimum Gasteiger partial charge on any atom is -0.681 e. The molecule has 1 aliphatic carbocycles. The van der Waals surface area contributed by atoms with Crippen LogP contribution in [0.2, 0.25) is 0 Å². The molecule has 1 unspecified atom stereocenters. The van der Waals surface area contributed by atoms with Gasteiger partial charge in [-0.25, -0.2) is 31.1 Å². The molecular weight excluding hydrogens is 746 g/mol. The maximum absolute atomic E-state index is 13.8. The molecular formula is C27H29F4N2O3SU-. The van der Waals surface area contributed by atoms with Gasteiger partial charge in [0.05, 0.1) is 0 Å². The van der Waals surface area contributed by atoms with Crippen LogP contribution in [0.5, 0.6) is 0 Å². The van der Waals surface area contributed by atoms with Gasteiger partial charge in [-0.15, -0.1) is 11.7 Å². The minimum absolute atomic E-state index is 0. The van der Waals surface area contributed by atoms with Crippen LogP contribution in [0.3, 0.4) is 0 Å². The van der Waals surface area contributed by atoms with Gasteiger partial charge in [0.2, 0.25) is 10.0 Å². The Morgan fingerprint density at radius 1 is 0.921 bits per heavy atom. The first-order valence-electron chi connectivity index (χ1n) is 11.9. The quantitative estimate of drug-likeness (QED) is 0.256. The van der Waals surface area contributed by atoms with Crippen LogP contribution in [-0.2, 0) is 29.3 Å². The standard InChI is InChI=1S/C16H13F3O.C9H10FN2O2S.C2H6.U/c17-13-6-14(16(19)15(18)7-13)11-2-1-10-3-9(8-20)4-12(10)5-11;1-5-2-6-3-7(10)9(15(11,13)14)4-8(6)12-5;1-2;/h1-2,5-7,9,20H,3-4,8H2;3-5H,2H2,1H3,(H2,11,13,14);1-2H3;/q;-1;;/t9-;;;/m1.../s1. The summed E-state index contributed by atoms with van der Waals surface area (Å²) in [6.07, 6.45) is 2.13. The molecule has 0 saturated heterocycles. The second kappa shape index (κ2) is 13.4. The fourth-order valence-electron chi connectivity index (χ4n) is 4.46. The molecule has 2 atom stereocenters. The molecule has 3 aromatic carbocycles. The zero-order valence-electron chi connectivity index (χ0n) is 21.2. The van der Waals surface area contributed by atoms with Gasteiger partial charge in [-0.2, -0.15) is 0 Å². The van der Waals surface area contributed by atoms with E-state index in [4.69, 9.17) is 5.14 Å². The monoisotopic (exact) mass is 775 g/mol. The zero-order valence-corrected chi connectivity index (χ0v) is 26.2. The number of aliphatic hydroxyl groups excluding tert-OH is 1. The van der Waals surface area contributed by atoms with E-state index in [1.807, 2.05) is 26.8 Å². The summed E-state index contributed by atoms with van der Waals surface area (Å²) in [5.74, 6) is -3.65. The van der Waals surface area contributed by atoms with E-state index < -0.39 is 38.2 Å². The van der Waals surface area contributed by atoms with Gasteiger partial charge in [-0.05, 0) is 54.0 Å². The molecule has 0 radical (unpaired) electrons. The number of rotatable bonds is 3. The molecule has 0 bridgehead atoms. The number of hydrogen-bond donors (Lipinski definition) is 2. The van der Waals surface area contributed by atoms with Crippen LogP contribution in [0.1, 0.15) is 37.5 Å². The summed E-state index contributed by atoms with van der Waals surface area (Å²) in [7, 11) is -4.01. The van der Waals surface area contributed by atoms with Gasteiger partial charge in [0, 0.05) is 49.3 Å². The summed E-state index contributed by atoms with van der Waals surface area (Å²) in [6, 6.07) is 9.24. The molecule has 2 aliphatic rings. The van der Waals surface area contributed by atoms with Gasteiger partial charge in [0.25, 0.3) is 0 Å². The molecule has 0 amide bonds. The molecule has 0 fully saturated rings. The predicted octanol–water partition coefficient (Wildman–Crippen LogP) is 5.93. The minimum atomic E-state index is -4.01. The molecule has 3 N–H and O–H groups in total. The number of sulfonamides is 1. The summed E-state index contributed by atoms with van der Waals surface area (Å²) in [4.78, 5) is -0.487. The molecule has 0 spiro atoms. The summed E-state index contributed by atoms with van der Waals surface area (Å²) in [5.41, 5.74) is 3.74. The molecule has 38 heavy (non-hydrogen) atoms. The zero-order chi connectivity index (χ0) is 27.5. The molecule has 204 valence electrons. The van der Waals surface area contributed by atoms with Crippen LogP contribution in [0.25, 0.3) is 16.4 Å². The van der Waals surface area contributed by atoms with Crippen LogP contribution < -0.4 is 5.14 Å². The third kappa shape index (κ3) is 7.39.